The van der Waals surface area contributed by atoms with Crippen LogP contribution >= 0.6 is 11.8 Å². The Labute approximate surface area is 254 Å². The number of carbonyl (C=O) groups is 3. The lowest BCUT2D eigenvalue weighted by molar-refractivity contribution is -0.147. The van der Waals surface area contributed by atoms with Crippen molar-refractivity contribution in [2.24, 2.45) is 17.8 Å². The number of rotatable bonds is 10. The Morgan fingerprint density at radius 1 is 1.00 bits per heavy atom. The van der Waals surface area contributed by atoms with E-state index in [2.05, 4.69) is 19.1 Å². The molecule has 8 nitrogen and oxygen atoms in total. The lowest BCUT2D eigenvalue weighted by atomic mass is 9.74. The van der Waals surface area contributed by atoms with Crippen molar-refractivity contribution in [2.75, 3.05) is 37.7 Å². The summed E-state index contributed by atoms with van der Waals surface area (Å²) in [7, 11) is 0. The highest BCUT2D eigenvalue weighted by atomic mass is 32.2. The van der Waals surface area contributed by atoms with Gasteiger partial charge in [-0.25, -0.2) is 0 Å². The quantitative estimate of drug-likeness (QED) is 0.406. The third-order valence-electron chi connectivity index (χ3n) is 9.66. The van der Waals surface area contributed by atoms with E-state index < -0.39 is 33.4 Å². The molecule has 7 atom stereocenters. The summed E-state index contributed by atoms with van der Waals surface area (Å²) in [6.45, 7) is 11.9. The van der Waals surface area contributed by atoms with Gasteiger partial charge in [0.25, 0.3) is 0 Å². The predicted octanol–water partition coefficient (Wildman–Crippen LogP) is 4.28. The lowest BCUT2D eigenvalue weighted by Gasteiger charge is -2.41. The van der Waals surface area contributed by atoms with E-state index in [-0.39, 0.29) is 30.2 Å². The third-order valence-corrected chi connectivity index (χ3v) is 11.5. The van der Waals surface area contributed by atoms with E-state index in [9.17, 15) is 19.5 Å². The van der Waals surface area contributed by atoms with E-state index >= 15 is 0 Å². The molecule has 228 valence electrons. The second kappa shape index (κ2) is 12.1. The maximum absolute atomic E-state index is 14.7. The number of anilines is 1. The van der Waals surface area contributed by atoms with Crippen molar-refractivity contribution in [1.82, 2.24) is 9.80 Å². The maximum atomic E-state index is 14.7. The number of hydrogen-bond donors (Lipinski definition) is 1. The van der Waals surface area contributed by atoms with Crippen LogP contribution in [0.4, 0.5) is 5.69 Å². The van der Waals surface area contributed by atoms with Crippen molar-refractivity contribution in [3.8, 4) is 5.75 Å². The zero-order valence-electron chi connectivity index (χ0n) is 25.5. The fraction of sp³-hybridized carbons (Fsp3) is 0.606. The Bertz CT molecular complexity index is 1250. The van der Waals surface area contributed by atoms with Crippen LogP contribution in [0, 0.1) is 17.8 Å². The number of nitrogens with zero attached hydrogens (tertiary/aromatic N) is 3. The van der Waals surface area contributed by atoms with Crippen molar-refractivity contribution >= 4 is 35.2 Å². The van der Waals surface area contributed by atoms with Crippen LogP contribution in [0.5, 0.6) is 5.75 Å². The molecule has 1 N–H and O–H groups in total. The Balaban J connectivity index is 1.61. The minimum Gasteiger partial charge on any atom is -0.494 e. The number of aliphatic hydroxyl groups is 1. The predicted molar refractivity (Wildman–Crippen MR) is 166 cm³/mol. The van der Waals surface area contributed by atoms with Crippen molar-refractivity contribution in [1.29, 1.82) is 0 Å². The SMILES string of the molecule is CCCCN1CC=C[C@]23S[C@]4(C)C=CCN(c5ccc(OCC)cc5)C(=O)[C@@H]4[C@H]2C(=O)N([C@@H](CO)[C@@H](C)CC)C3C1=O. The van der Waals surface area contributed by atoms with Gasteiger partial charge in [0.15, 0.2) is 0 Å². The Morgan fingerprint density at radius 2 is 1.71 bits per heavy atom. The maximum Gasteiger partial charge on any atom is 0.247 e. The minimum atomic E-state index is -0.919. The highest BCUT2D eigenvalue weighted by Gasteiger charge is 2.74. The van der Waals surface area contributed by atoms with Crippen molar-refractivity contribution in [2.45, 2.75) is 75.5 Å². The summed E-state index contributed by atoms with van der Waals surface area (Å²) in [6, 6.07) is 6.19. The van der Waals surface area contributed by atoms with Crippen LogP contribution in [-0.2, 0) is 14.4 Å². The summed E-state index contributed by atoms with van der Waals surface area (Å²) in [5, 5.41) is 10.6. The number of ether oxygens (including phenoxy) is 1. The molecule has 4 aliphatic heterocycles. The molecule has 4 aliphatic rings. The third kappa shape index (κ3) is 4.86. The molecule has 0 aliphatic carbocycles. The molecule has 3 amide bonds. The van der Waals surface area contributed by atoms with E-state index in [0.29, 0.717) is 26.2 Å². The van der Waals surface area contributed by atoms with Crippen LogP contribution in [0.3, 0.4) is 0 Å². The number of carbonyl (C=O) groups excluding carboxylic acids is 3. The van der Waals surface area contributed by atoms with Gasteiger partial charge in [-0.15, -0.1) is 11.8 Å². The molecule has 1 aromatic rings. The molecular formula is C33H45N3O5S. The first kappa shape index (κ1) is 30.7. The van der Waals surface area contributed by atoms with Gasteiger partial charge in [-0.1, -0.05) is 57.9 Å². The van der Waals surface area contributed by atoms with Crippen LogP contribution in [0.25, 0.3) is 0 Å². The number of hydrogen-bond acceptors (Lipinski definition) is 6. The average molecular weight is 596 g/mol. The largest absolute Gasteiger partial charge is 0.494 e. The number of unbranched alkanes of at least 4 members (excludes halogenated alkanes) is 1. The summed E-state index contributed by atoms with van der Waals surface area (Å²) in [6.07, 6.45) is 10.8. The number of likely N-dealkylation sites (tertiary alicyclic amines) is 1. The molecule has 42 heavy (non-hydrogen) atoms. The van der Waals surface area contributed by atoms with Crippen LogP contribution < -0.4 is 9.64 Å². The average Bonchev–Trinajstić information content (AvgIpc) is 3.25. The van der Waals surface area contributed by atoms with Gasteiger partial charge in [-0.2, -0.15) is 0 Å². The number of benzene rings is 1. The zero-order valence-corrected chi connectivity index (χ0v) is 26.3. The number of amides is 3. The fourth-order valence-electron chi connectivity index (χ4n) is 7.35. The summed E-state index contributed by atoms with van der Waals surface area (Å²) in [4.78, 5) is 49.1. The normalized spacial score (nSPS) is 31.9. The molecule has 0 radical (unpaired) electrons. The standard InChI is InChI=1S/C33H45N3O5S/c1-6-9-18-34-19-11-17-33-27(30(39)36(28(33)31(34)40)25(21-37)22(4)7-2)26-29(38)35(20-10-16-32(26,5)42-33)23-12-14-24(15-13-23)41-8-3/h10-17,22,25-28,37H,6-9,18-21H2,1-5H3/t22-,25-,26-,27-,28?,32+,33-/m0/s1. The Kier molecular flexibility index (Phi) is 8.82. The number of aliphatic hydroxyl groups excluding tert-OH is 1. The van der Waals surface area contributed by atoms with Gasteiger partial charge in [0.1, 0.15) is 11.8 Å². The molecule has 0 aromatic heterocycles. The van der Waals surface area contributed by atoms with Gasteiger partial charge < -0.3 is 24.5 Å². The first-order valence-electron chi connectivity index (χ1n) is 15.5. The zero-order chi connectivity index (χ0) is 30.2. The second-order valence-corrected chi connectivity index (χ2v) is 14.0. The van der Waals surface area contributed by atoms with Gasteiger partial charge in [0, 0.05) is 30.1 Å². The number of fused-ring (bicyclic) bond motifs is 2. The molecular weight excluding hydrogens is 550 g/mol. The highest BCUT2D eigenvalue weighted by molar-refractivity contribution is 8.02. The first-order chi connectivity index (χ1) is 20.2. The summed E-state index contributed by atoms with van der Waals surface area (Å²) in [5.74, 6) is -1.10. The molecule has 1 spiro atoms. The van der Waals surface area contributed by atoms with Gasteiger partial charge in [0.05, 0.1) is 35.8 Å². The van der Waals surface area contributed by atoms with Crippen LogP contribution in [0.1, 0.15) is 53.9 Å². The lowest BCUT2D eigenvalue weighted by Crippen LogP contribution is -2.58. The molecule has 1 unspecified atom stereocenters. The van der Waals surface area contributed by atoms with Crippen LogP contribution in [0.2, 0.25) is 0 Å². The van der Waals surface area contributed by atoms with Crippen molar-refractivity contribution < 1.29 is 24.2 Å². The molecule has 0 saturated carbocycles. The van der Waals surface area contributed by atoms with Crippen LogP contribution in [-0.4, -0.2) is 87.1 Å². The molecule has 5 rings (SSSR count). The summed E-state index contributed by atoms with van der Waals surface area (Å²) >= 11 is 1.59. The molecule has 9 heteroatoms. The molecule has 4 heterocycles. The molecule has 0 bridgehead atoms. The van der Waals surface area contributed by atoms with Gasteiger partial charge in [-0.05, 0) is 50.5 Å². The Hall–Kier alpha value is -2.78. The fourth-order valence-corrected chi connectivity index (χ4v) is 9.49. The monoisotopic (exact) mass is 595 g/mol. The van der Waals surface area contributed by atoms with Gasteiger partial charge >= 0.3 is 0 Å². The van der Waals surface area contributed by atoms with E-state index in [1.165, 1.54) is 0 Å². The molecule has 1 aromatic carbocycles. The van der Waals surface area contributed by atoms with E-state index in [0.717, 1.165) is 30.7 Å². The topological polar surface area (TPSA) is 90.4 Å². The Morgan fingerprint density at radius 3 is 2.36 bits per heavy atom. The minimum absolute atomic E-state index is 0.0135. The first-order valence-corrected chi connectivity index (χ1v) is 16.3. The van der Waals surface area contributed by atoms with E-state index in [1.807, 2.05) is 69.0 Å². The molecule has 2 fully saturated rings. The van der Waals surface area contributed by atoms with Crippen LogP contribution in [0.15, 0.2) is 48.6 Å². The summed E-state index contributed by atoms with van der Waals surface area (Å²) in [5.41, 5.74) is 0.744. The summed E-state index contributed by atoms with van der Waals surface area (Å²) < 4.78 is 4.00. The smallest absolute Gasteiger partial charge is 0.247 e. The van der Waals surface area contributed by atoms with E-state index in [4.69, 9.17) is 4.74 Å². The van der Waals surface area contributed by atoms with E-state index in [1.54, 1.807) is 21.6 Å². The molecule has 2 saturated heterocycles. The van der Waals surface area contributed by atoms with Gasteiger partial charge in [-0.3, -0.25) is 14.4 Å². The second-order valence-electron chi connectivity index (χ2n) is 12.2. The number of thioether (sulfide) groups is 1. The van der Waals surface area contributed by atoms with Crippen molar-refractivity contribution in [3.63, 3.8) is 0 Å². The van der Waals surface area contributed by atoms with Crippen molar-refractivity contribution in [3.05, 3.63) is 48.6 Å². The van der Waals surface area contributed by atoms with Gasteiger partial charge in [0.2, 0.25) is 17.7 Å². The highest BCUT2D eigenvalue weighted by Crippen LogP contribution is 2.66.